The molecule has 3 aromatic carbocycles. The van der Waals surface area contributed by atoms with Crippen molar-refractivity contribution in [2.75, 3.05) is 0 Å². The van der Waals surface area contributed by atoms with Gasteiger partial charge in [-0.3, -0.25) is 9.59 Å². The Morgan fingerprint density at radius 1 is 0.611 bits per heavy atom. The number of Topliss-reactive ketones (excluding diaryl/α,β-unsaturated/α-hetero) is 2. The first kappa shape index (κ1) is 28.1. The van der Waals surface area contributed by atoms with E-state index < -0.39 is 0 Å². The van der Waals surface area contributed by atoms with E-state index in [2.05, 4.69) is 47.1 Å². The number of unbranched alkanes of at least 4 members (excludes halogenated alkanes) is 9. The zero-order chi connectivity index (χ0) is 25.6. The van der Waals surface area contributed by atoms with Crippen LogP contribution in [0.15, 0.2) is 77.3 Å². The van der Waals surface area contributed by atoms with Crippen LogP contribution >= 0.6 is 15.9 Å². The Morgan fingerprint density at radius 3 is 1.72 bits per heavy atom. The van der Waals surface area contributed by atoms with E-state index in [4.69, 9.17) is 0 Å². The van der Waals surface area contributed by atoms with E-state index in [1.54, 1.807) is 18.2 Å². The summed E-state index contributed by atoms with van der Waals surface area (Å²) in [5.41, 5.74) is 4.73. The van der Waals surface area contributed by atoms with Crippen LogP contribution in [-0.2, 0) is 6.42 Å². The second-order valence-electron chi connectivity index (χ2n) is 9.74. The summed E-state index contributed by atoms with van der Waals surface area (Å²) in [4.78, 5) is 25.1. The zero-order valence-corrected chi connectivity index (χ0v) is 23.2. The van der Waals surface area contributed by atoms with Gasteiger partial charge in [-0.05, 0) is 41.7 Å². The lowest BCUT2D eigenvalue weighted by Crippen LogP contribution is -2.08. The van der Waals surface area contributed by atoms with Crippen LogP contribution < -0.4 is 0 Å². The molecule has 36 heavy (non-hydrogen) atoms. The van der Waals surface area contributed by atoms with Crippen molar-refractivity contribution in [1.82, 2.24) is 0 Å². The summed E-state index contributed by atoms with van der Waals surface area (Å²) in [6, 6.07) is 23.5. The van der Waals surface area contributed by atoms with Crippen molar-refractivity contribution in [3.05, 3.63) is 94.0 Å². The third-order valence-electron chi connectivity index (χ3n) is 6.78. The summed E-state index contributed by atoms with van der Waals surface area (Å²) >= 11 is 3.37. The minimum atomic E-state index is -0.164. The highest BCUT2D eigenvalue weighted by atomic mass is 79.9. The molecule has 0 radical (unpaired) electrons. The Balaban J connectivity index is 1.40. The number of hydrogen-bond acceptors (Lipinski definition) is 2. The maximum absolute atomic E-state index is 12.6. The third-order valence-corrected chi connectivity index (χ3v) is 7.27. The van der Waals surface area contributed by atoms with E-state index >= 15 is 0 Å². The Kier molecular flexibility index (Phi) is 12.1. The van der Waals surface area contributed by atoms with Gasteiger partial charge in [-0.15, -0.1) is 0 Å². The van der Waals surface area contributed by atoms with Crippen molar-refractivity contribution in [3.8, 4) is 11.1 Å². The first-order valence-corrected chi connectivity index (χ1v) is 14.4. The minimum absolute atomic E-state index is 0.122. The van der Waals surface area contributed by atoms with Gasteiger partial charge in [0.05, 0.1) is 6.42 Å². The molecule has 3 rings (SSSR count). The number of aryl methyl sites for hydroxylation is 1. The molecule has 190 valence electrons. The first-order chi connectivity index (χ1) is 17.6. The summed E-state index contributed by atoms with van der Waals surface area (Å²) in [5.74, 6) is -0.318. The van der Waals surface area contributed by atoms with Crippen molar-refractivity contribution in [3.63, 3.8) is 0 Å². The lowest BCUT2D eigenvalue weighted by atomic mass is 9.97. The molecule has 2 nitrogen and oxygen atoms in total. The van der Waals surface area contributed by atoms with Crippen LogP contribution in [0.1, 0.15) is 104 Å². The van der Waals surface area contributed by atoms with E-state index in [-0.39, 0.29) is 18.0 Å². The smallest absolute Gasteiger partial charge is 0.170 e. The van der Waals surface area contributed by atoms with Gasteiger partial charge in [0, 0.05) is 15.6 Å². The molecule has 3 heteroatoms. The highest BCUT2D eigenvalue weighted by Crippen LogP contribution is 2.22. The molecule has 0 unspecified atom stereocenters. The Hall–Kier alpha value is -2.52. The maximum Gasteiger partial charge on any atom is 0.170 e. The predicted molar refractivity (Wildman–Crippen MR) is 155 cm³/mol. The Morgan fingerprint density at radius 2 is 1.14 bits per heavy atom. The van der Waals surface area contributed by atoms with E-state index in [0.717, 1.165) is 22.0 Å². The molecule has 0 spiro atoms. The molecular formula is C33H39BrO2. The van der Waals surface area contributed by atoms with Crippen LogP contribution in [0.25, 0.3) is 11.1 Å². The van der Waals surface area contributed by atoms with Gasteiger partial charge in [-0.1, -0.05) is 141 Å². The predicted octanol–water partition coefficient (Wildman–Crippen LogP) is 10.0. The second kappa shape index (κ2) is 15.6. The molecular weight excluding hydrogens is 508 g/mol. The van der Waals surface area contributed by atoms with Gasteiger partial charge < -0.3 is 0 Å². The number of hydrogen-bond donors (Lipinski definition) is 0. The average Bonchev–Trinajstić information content (AvgIpc) is 2.90. The van der Waals surface area contributed by atoms with E-state index in [1.165, 1.54) is 69.8 Å². The first-order valence-electron chi connectivity index (χ1n) is 13.6. The summed E-state index contributed by atoms with van der Waals surface area (Å²) in [6.45, 7) is 2.27. The van der Waals surface area contributed by atoms with Crippen LogP contribution in [-0.4, -0.2) is 11.6 Å². The van der Waals surface area contributed by atoms with Crippen molar-refractivity contribution in [2.45, 2.75) is 84.0 Å². The van der Waals surface area contributed by atoms with Crippen LogP contribution in [0.3, 0.4) is 0 Å². The highest BCUT2D eigenvalue weighted by Gasteiger charge is 2.14. The molecule has 0 N–H and O–H groups in total. The van der Waals surface area contributed by atoms with Crippen molar-refractivity contribution >= 4 is 27.5 Å². The molecule has 0 saturated heterocycles. The van der Waals surface area contributed by atoms with Gasteiger partial charge in [0.1, 0.15) is 0 Å². The number of halogens is 1. The number of benzene rings is 3. The molecule has 3 aromatic rings. The molecule has 0 saturated carbocycles. The number of carbonyl (C=O) groups is 2. The van der Waals surface area contributed by atoms with Gasteiger partial charge in [-0.25, -0.2) is 0 Å². The molecule has 0 aliphatic carbocycles. The molecule has 0 aliphatic heterocycles. The summed E-state index contributed by atoms with van der Waals surface area (Å²) < 4.78 is 0.833. The SMILES string of the molecule is CCCCCCCCCCCCc1ccc(-c2ccc(C(=O)CC(=O)c3cccc(Br)c3)cc2)cc1. The molecule has 0 bridgehead atoms. The topological polar surface area (TPSA) is 34.1 Å². The van der Waals surface area contributed by atoms with Crippen molar-refractivity contribution in [2.24, 2.45) is 0 Å². The fourth-order valence-corrected chi connectivity index (χ4v) is 4.94. The number of carbonyl (C=O) groups excluding carboxylic acids is 2. The number of rotatable bonds is 16. The van der Waals surface area contributed by atoms with E-state index in [9.17, 15) is 9.59 Å². The van der Waals surface area contributed by atoms with Crippen molar-refractivity contribution in [1.29, 1.82) is 0 Å². The van der Waals surface area contributed by atoms with Gasteiger partial charge >= 0.3 is 0 Å². The lowest BCUT2D eigenvalue weighted by molar-refractivity contribution is 0.0894. The average molecular weight is 548 g/mol. The normalized spacial score (nSPS) is 10.9. The largest absolute Gasteiger partial charge is 0.294 e. The number of ketones is 2. The standard InChI is InChI=1S/C33H39BrO2/c1-2-3-4-5-6-7-8-9-10-11-13-26-16-18-27(19-17-26)28-20-22-29(23-21-28)32(35)25-33(36)30-14-12-15-31(34)24-30/h12,14-24H,2-11,13,25H2,1H3. The fourth-order valence-electron chi connectivity index (χ4n) is 4.54. The van der Waals surface area contributed by atoms with E-state index in [0.29, 0.717) is 11.1 Å². The molecule has 0 atom stereocenters. The molecule has 0 amide bonds. The van der Waals surface area contributed by atoms with Gasteiger partial charge in [0.15, 0.2) is 11.6 Å². The molecule has 0 aliphatic rings. The molecule has 0 aromatic heterocycles. The van der Waals surface area contributed by atoms with Gasteiger partial charge in [0.2, 0.25) is 0 Å². The maximum atomic E-state index is 12.6. The van der Waals surface area contributed by atoms with Crippen LogP contribution in [0.2, 0.25) is 0 Å². The summed E-state index contributed by atoms with van der Waals surface area (Å²) in [6.07, 6.45) is 14.6. The molecule has 0 heterocycles. The summed E-state index contributed by atoms with van der Waals surface area (Å²) in [7, 11) is 0. The van der Waals surface area contributed by atoms with Crippen LogP contribution in [0.5, 0.6) is 0 Å². The van der Waals surface area contributed by atoms with Gasteiger partial charge in [0.25, 0.3) is 0 Å². The fraction of sp³-hybridized carbons (Fsp3) is 0.394. The zero-order valence-electron chi connectivity index (χ0n) is 21.6. The monoisotopic (exact) mass is 546 g/mol. The quantitative estimate of drug-likeness (QED) is 0.102. The summed E-state index contributed by atoms with van der Waals surface area (Å²) in [5, 5.41) is 0. The minimum Gasteiger partial charge on any atom is -0.294 e. The Labute approximate surface area is 225 Å². The van der Waals surface area contributed by atoms with E-state index in [1.807, 2.05) is 30.3 Å². The second-order valence-corrected chi connectivity index (χ2v) is 10.7. The van der Waals surface area contributed by atoms with Gasteiger partial charge in [-0.2, -0.15) is 0 Å². The van der Waals surface area contributed by atoms with Crippen molar-refractivity contribution < 1.29 is 9.59 Å². The lowest BCUT2D eigenvalue weighted by Gasteiger charge is -2.07. The van der Waals surface area contributed by atoms with Crippen LogP contribution in [0.4, 0.5) is 0 Å². The third kappa shape index (κ3) is 9.50. The Bertz CT molecular complexity index is 1080. The molecule has 0 fully saturated rings. The highest BCUT2D eigenvalue weighted by molar-refractivity contribution is 9.10. The van der Waals surface area contributed by atoms with Crippen LogP contribution in [0, 0.1) is 0 Å².